The Morgan fingerprint density at radius 2 is 1.85 bits per heavy atom. The van der Waals surface area contributed by atoms with Crippen LogP contribution in [0.5, 0.6) is 0 Å². The topological polar surface area (TPSA) is 75.4 Å². The molecule has 5 nitrogen and oxygen atoms in total. The summed E-state index contributed by atoms with van der Waals surface area (Å²) in [4.78, 5) is 26.4. The average Bonchev–Trinajstić information content (AvgIpc) is 2.88. The summed E-state index contributed by atoms with van der Waals surface area (Å²) in [6.07, 6.45) is 1.85. The molecule has 1 saturated heterocycles. The van der Waals surface area contributed by atoms with Gasteiger partial charge in [0.25, 0.3) is 0 Å². The number of nitrogens with one attached hydrogen (secondary N) is 1. The van der Waals surface area contributed by atoms with Crippen molar-refractivity contribution in [2.75, 3.05) is 18.4 Å². The van der Waals surface area contributed by atoms with Gasteiger partial charge in [0.1, 0.15) is 0 Å². The minimum atomic E-state index is -0.0374. The summed E-state index contributed by atoms with van der Waals surface area (Å²) in [5, 5.41) is 2.91. The second-order valence-electron chi connectivity index (χ2n) is 8.39. The van der Waals surface area contributed by atoms with E-state index in [1.165, 1.54) is 0 Å². The minimum Gasteiger partial charge on any atom is -0.339 e. The molecule has 0 bridgehead atoms. The monoisotopic (exact) mass is 381 g/mol. The van der Waals surface area contributed by atoms with Crippen LogP contribution in [-0.2, 0) is 16.0 Å². The molecule has 3 N–H and O–H groups in total. The Morgan fingerprint density at radius 1 is 1.23 bits per heavy atom. The SMILES string of the molecule is CC1CC(CN)CN1C(=O)Cc1ccc(NC(=O)CC(C)(C)C)cc1.Cl. The van der Waals surface area contributed by atoms with E-state index in [4.69, 9.17) is 5.73 Å². The highest BCUT2D eigenvalue weighted by Gasteiger charge is 2.31. The molecule has 146 valence electrons. The molecule has 0 radical (unpaired) electrons. The predicted octanol–water partition coefficient (Wildman–Crippen LogP) is 3.22. The highest BCUT2D eigenvalue weighted by atomic mass is 35.5. The Labute approximate surface area is 163 Å². The summed E-state index contributed by atoms with van der Waals surface area (Å²) < 4.78 is 0. The van der Waals surface area contributed by atoms with Crippen molar-refractivity contribution in [3.05, 3.63) is 29.8 Å². The third kappa shape index (κ3) is 6.61. The van der Waals surface area contributed by atoms with Gasteiger partial charge in [-0.2, -0.15) is 0 Å². The second kappa shape index (κ2) is 9.38. The number of rotatable bonds is 5. The zero-order valence-electron chi connectivity index (χ0n) is 16.2. The molecular weight excluding hydrogens is 350 g/mol. The van der Waals surface area contributed by atoms with Crippen molar-refractivity contribution in [3.63, 3.8) is 0 Å². The average molecular weight is 382 g/mol. The Morgan fingerprint density at radius 3 is 2.35 bits per heavy atom. The molecule has 1 aliphatic heterocycles. The van der Waals surface area contributed by atoms with Gasteiger partial charge in [0.05, 0.1) is 6.42 Å². The number of halogens is 1. The number of carbonyl (C=O) groups excluding carboxylic acids is 2. The van der Waals surface area contributed by atoms with Crippen LogP contribution in [0.15, 0.2) is 24.3 Å². The standard InChI is InChI=1S/C20H31N3O2.ClH/c1-14-9-16(12-21)13-23(14)19(25)10-15-5-7-17(8-6-15)22-18(24)11-20(2,3)4;/h5-8,14,16H,9-13,21H2,1-4H3,(H,22,24);1H. The van der Waals surface area contributed by atoms with Crippen molar-refractivity contribution in [2.24, 2.45) is 17.1 Å². The molecule has 0 spiro atoms. The largest absolute Gasteiger partial charge is 0.339 e. The predicted molar refractivity (Wildman–Crippen MR) is 108 cm³/mol. The Kier molecular flexibility index (Phi) is 8.10. The molecule has 2 rings (SSSR count). The normalized spacial score (nSPS) is 19.8. The van der Waals surface area contributed by atoms with E-state index in [0.29, 0.717) is 25.3 Å². The highest BCUT2D eigenvalue weighted by molar-refractivity contribution is 5.91. The first-order chi connectivity index (χ1) is 11.7. The van der Waals surface area contributed by atoms with Gasteiger partial charge in [0.15, 0.2) is 0 Å². The fraction of sp³-hybridized carbons (Fsp3) is 0.600. The fourth-order valence-corrected chi connectivity index (χ4v) is 3.33. The minimum absolute atomic E-state index is 0. The summed E-state index contributed by atoms with van der Waals surface area (Å²) in [6, 6.07) is 7.80. The van der Waals surface area contributed by atoms with Crippen LogP contribution in [0.2, 0.25) is 0 Å². The van der Waals surface area contributed by atoms with Crippen molar-refractivity contribution in [1.29, 1.82) is 0 Å². The van der Waals surface area contributed by atoms with Gasteiger partial charge >= 0.3 is 0 Å². The van der Waals surface area contributed by atoms with Gasteiger partial charge in [-0.05, 0) is 48.9 Å². The van der Waals surface area contributed by atoms with Gasteiger partial charge < -0.3 is 16.0 Å². The van der Waals surface area contributed by atoms with Crippen LogP contribution >= 0.6 is 12.4 Å². The van der Waals surface area contributed by atoms with E-state index in [2.05, 4.69) is 12.2 Å². The van der Waals surface area contributed by atoms with Crippen LogP contribution in [0.3, 0.4) is 0 Å². The first-order valence-electron chi connectivity index (χ1n) is 9.06. The molecule has 26 heavy (non-hydrogen) atoms. The summed E-state index contributed by atoms with van der Waals surface area (Å²) in [5.74, 6) is 0.572. The van der Waals surface area contributed by atoms with Gasteiger partial charge in [0, 0.05) is 24.7 Å². The van der Waals surface area contributed by atoms with E-state index in [0.717, 1.165) is 24.2 Å². The van der Waals surface area contributed by atoms with Crippen LogP contribution in [0.4, 0.5) is 5.69 Å². The lowest BCUT2D eigenvalue weighted by Crippen LogP contribution is -2.35. The maximum atomic E-state index is 12.5. The summed E-state index contributed by atoms with van der Waals surface area (Å²) in [7, 11) is 0. The molecule has 6 heteroatoms. The summed E-state index contributed by atoms with van der Waals surface area (Å²) in [6.45, 7) is 9.59. The molecule has 0 saturated carbocycles. The lowest BCUT2D eigenvalue weighted by atomic mass is 9.92. The smallest absolute Gasteiger partial charge is 0.227 e. The third-order valence-electron chi connectivity index (χ3n) is 4.60. The molecule has 0 aliphatic carbocycles. The van der Waals surface area contributed by atoms with Crippen LogP contribution < -0.4 is 11.1 Å². The second-order valence-corrected chi connectivity index (χ2v) is 8.39. The quantitative estimate of drug-likeness (QED) is 0.822. The van der Waals surface area contributed by atoms with Crippen LogP contribution in [-0.4, -0.2) is 35.8 Å². The Balaban J connectivity index is 0.00000338. The molecule has 2 unspecified atom stereocenters. The maximum absolute atomic E-state index is 12.5. The molecular formula is C20H32ClN3O2. The number of anilines is 1. The zero-order chi connectivity index (χ0) is 18.6. The number of nitrogens with two attached hydrogens (primary N) is 1. The van der Waals surface area contributed by atoms with Gasteiger partial charge in [-0.25, -0.2) is 0 Å². The fourth-order valence-electron chi connectivity index (χ4n) is 3.33. The number of hydrogen-bond acceptors (Lipinski definition) is 3. The third-order valence-corrected chi connectivity index (χ3v) is 4.60. The van der Waals surface area contributed by atoms with Crippen molar-refractivity contribution in [2.45, 2.75) is 53.0 Å². The lowest BCUT2D eigenvalue weighted by molar-refractivity contribution is -0.131. The molecule has 1 heterocycles. The van der Waals surface area contributed by atoms with Gasteiger partial charge in [-0.3, -0.25) is 9.59 Å². The molecule has 1 fully saturated rings. The van der Waals surface area contributed by atoms with E-state index >= 15 is 0 Å². The first-order valence-corrected chi connectivity index (χ1v) is 9.06. The van der Waals surface area contributed by atoms with Gasteiger partial charge in [0.2, 0.25) is 11.8 Å². The van der Waals surface area contributed by atoms with E-state index < -0.39 is 0 Å². The number of amides is 2. The van der Waals surface area contributed by atoms with Crippen LogP contribution in [0, 0.1) is 11.3 Å². The van der Waals surface area contributed by atoms with Gasteiger partial charge in [-0.1, -0.05) is 32.9 Å². The number of nitrogens with zero attached hydrogens (tertiary/aromatic N) is 1. The number of hydrogen-bond donors (Lipinski definition) is 2. The Hall–Kier alpha value is -1.59. The number of likely N-dealkylation sites (tertiary alicyclic amines) is 1. The lowest BCUT2D eigenvalue weighted by Gasteiger charge is -2.21. The molecule has 2 atom stereocenters. The molecule has 2 amide bonds. The van der Waals surface area contributed by atoms with E-state index in [9.17, 15) is 9.59 Å². The zero-order valence-corrected chi connectivity index (χ0v) is 17.1. The van der Waals surface area contributed by atoms with Crippen molar-refractivity contribution in [1.82, 2.24) is 4.90 Å². The van der Waals surface area contributed by atoms with Crippen molar-refractivity contribution < 1.29 is 9.59 Å². The van der Waals surface area contributed by atoms with E-state index in [1.807, 2.05) is 49.9 Å². The van der Waals surface area contributed by atoms with E-state index in [-0.39, 0.29) is 35.7 Å². The number of carbonyl (C=O) groups is 2. The molecule has 1 aromatic rings. The summed E-state index contributed by atoms with van der Waals surface area (Å²) in [5.41, 5.74) is 7.42. The summed E-state index contributed by atoms with van der Waals surface area (Å²) >= 11 is 0. The molecule has 0 aromatic heterocycles. The molecule has 1 aromatic carbocycles. The first kappa shape index (κ1) is 22.5. The number of benzene rings is 1. The van der Waals surface area contributed by atoms with E-state index in [1.54, 1.807) is 0 Å². The van der Waals surface area contributed by atoms with Crippen LogP contribution in [0.1, 0.15) is 46.1 Å². The highest BCUT2D eigenvalue weighted by Crippen LogP contribution is 2.23. The van der Waals surface area contributed by atoms with Crippen molar-refractivity contribution in [3.8, 4) is 0 Å². The maximum Gasteiger partial charge on any atom is 0.227 e. The van der Waals surface area contributed by atoms with Gasteiger partial charge in [-0.15, -0.1) is 12.4 Å². The van der Waals surface area contributed by atoms with Crippen LogP contribution in [0.25, 0.3) is 0 Å². The molecule has 1 aliphatic rings. The Bertz CT molecular complexity index is 610. The van der Waals surface area contributed by atoms with Crippen molar-refractivity contribution >= 4 is 29.9 Å².